The Hall–Kier alpha value is -2.24. The van der Waals surface area contributed by atoms with E-state index in [1.807, 2.05) is 26.0 Å². The van der Waals surface area contributed by atoms with E-state index in [4.69, 9.17) is 27.9 Å². The largest absolute Gasteiger partial charge is 0.496 e. The third-order valence-corrected chi connectivity index (χ3v) is 7.79. The first-order valence-corrected chi connectivity index (χ1v) is 12.5. The SMILES string of the molecule is CC[C@@H](NS(=O)(=O)c1nnc(NC(=O)c2ccc(Cl)cc2Cl)s1)c1ccc(OC)c(C)c1. The molecule has 0 radical (unpaired) electrons. The number of methoxy groups -OCH3 is 1. The van der Waals surface area contributed by atoms with Gasteiger partial charge in [0, 0.05) is 11.1 Å². The molecule has 3 aromatic rings. The summed E-state index contributed by atoms with van der Waals surface area (Å²) in [6.07, 6.45) is 0.516. The van der Waals surface area contributed by atoms with Gasteiger partial charge in [-0.2, -0.15) is 0 Å². The standard InChI is InChI=1S/C20H20Cl2N4O4S2/c1-4-16(12-5-8-17(30-3)11(2)9-12)26-32(28,29)20-25-24-19(31-20)23-18(27)14-7-6-13(21)10-15(14)22/h5-10,16,26H,4H2,1-3H3,(H,23,24,27)/t16-/m1/s1. The number of carbonyl (C=O) groups is 1. The highest BCUT2D eigenvalue weighted by atomic mass is 35.5. The molecule has 8 nitrogen and oxygen atoms in total. The molecular weight excluding hydrogens is 495 g/mol. The van der Waals surface area contributed by atoms with Gasteiger partial charge in [-0.15, -0.1) is 10.2 Å². The van der Waals surface area contributed by atoms with Crippen LogP contribution in [0.1, 0.15) is 40.9 Å². The lowest BCUT2D eigenvalue weighted by Gasteiger charge is -2.17. The van der Waals surface area contributed by atoms with Crippen molar-refractivity contribution in [2.24, 2.45) is 0 Å². The van der Waals surface area contributed by atoms with Gasteiger partial charge >= 0.3 is 0 Å². The number of sulfonamides is 1. The smallest absolute Gasteiger partial charge is 0.270 e. The van der Waals surface area contributed by atoms with Crippen LogP contribution in [0.15, 0.2) is 40.7 Å². The second-order valence-corrected chi connectivity index (χ2v) is 10.5. The average molecular weight is 515 g/mol. The van der Waals surface area contributed by atoms with Crippen LogP contribution in [0, 0.1) is 6.92 Å². The second-order valence-electron chi connectivity index (χ2n) is 6.76. The van der Waals surface area contributed by atoms with E-state index in [9.17, 15) is 13.2 Å². The molecule has 2 N–H and O–H groups in total. The van der Waals surface area contributed by atoms with Gasteiger partial charge in [-0.25, -0.2) is 13.1 Å². The van der Waals surface area contributed by atoms with Crippen molar-refractivity contribution in [1.82, 2.24) is 14.9 Å². The lowest BCUT2D eigenvalue weighted by atomic mass is 10.0. The predicted octanol–water partition coefficient (Wildman–Crippen LogP) is 4.84. The molecule has 3 rings (SSSR count). The Bertz CT molecular complexity index is 1250. The number of amides is 1. The molecule has 1 amide bonds. The fourth-order valence-corrected chi connectivity index (χ4v) is 5.66. The highest BCUT2D eigenvalue weighted by Crippen LogP contribution is 2.28. The van der Waals surface area contributed by atoms with Crippen LogP contribution in [-0.2, 0) is 10.0 Å². The number of aromatic nitrogens is 2. The van der Waals surface area contributed by atoms with Crippen molar-refractivity contribution in [2.75, 3.05) is 12.4 Å². The highest BCUT2D eigenvalue weighted by Gasteiger charge is 2.25. The van der Waals surface area contributed by atoms with Crippen LogP contribution in [0.4, 0.5) is 5.13 Å². The molecule has 0 aliphatic carbocycles. The van der Waals surface area contributed by atoms with Crippen molar-refractivity contribution >= 4 is 55.6 Å². The van der Waals surface area contributed by atoms with Gasteiger partial charge in [-0.05, 0) is 48.7 Å². The normalized spacial score (nSPS) is 12.4. The second kappa shape index (κ2) is 10.1. The van der Waals surface area contributed by atoms with Crippen LogP contribution in [0.3, 0.4) is 0 Å². The van der Waals surface area contributed by atoms with Gasteiger partial charge < -0.3 is 4.74 Å². The lowest BCUT2D eigenvalue weighted by molar-refractivity contribution is 0.102. The van der Waals surface area contributed by atoms with E-state index < -0.39 is 22.0 Å². The number of halogens is 2. The zero-order valence-corrected chi connectivity index (χ0v) is 20.5. The number of hydrogen-bond acceptors (Lipinski definition) is 7. The molecule has 0 unspecified atom stereocenters. The van der Waals surface area contributed by atoms with Crippen molar-refractivity contribution in [1.29, 1.82) is 0 Å². The minimum atomic E-state index is -3.97. The Labute approximate surface area is 200 Å². The Morgan fingerprint density at radius 2 is 1.94 bits per heavy atom. The van der Waals surface area contributed by atoms with E-state index >= 15 is 0 Å². The van der Waals surface area contributed by atoms with E-state index in [0.29, 0.717) is 11.4 Å². The first-order valence-electron chi connectivity index (χ1n) is 9.41. The van der Waals surface area contributed by atoms with E-state index in [1.54, 1.807) is 13.2 Å². The number of hydrogen-bond donors (Lipinski definition) is 2. The quantitative estimate of drug-likeness (QED) is 0.416. The molecule has 1 aromatic heterocycles. The van der Waals surface area contributed by atoms with Crippen LogP contribution in [0.5, 0.6) is 5.75 Å². The molecule has 0 saturated heterocycles. The van der Waals surface area contributed by atoms with Gasteiger partial charge in [0.15, 0.2) is 0 Å². The van der Waals surface area contributed by atoms with Crippen molar-refractivity contribution in [3.8, 4) is 5.75 Å². The van der Waals surface area contributed by atoms with Gasteiger partial charge in [0.1, 0.15) is 5.75 Å². The molecule has 0 spiro atoms. The van der Waals surface area contributed by atoms with Crippen molar-refractivity contribution in [3.05, 3.63) is 63.1 Å². The lowest BCUT2D eigenvalue weighted by Crippen LogP contribution is -2.28. The summed E-state index contributed by atoms with van der Waals surface area (Å²) in [4.78, 5) is 12.4. The number of nitrogens with zero attached hydrogens (tertiary/aromatic N) is 2. The number of benzene rings is 2. The average Bonchev–Trinajstić information content (AvgIpc) is 3.21. The maximum absolute atomic E-state index is 12.9. The summed E-state index contributed by atoms with van der Waals surface area (Å²) < 4.78 is 33.4. The first-order chi connectivity index (χ1) is 15.1. The van der Waals surface area contributed by atoms with E-state index in [0.717, 1.165) is 28.2 Å². The number of carbonyl (C=O) groups excluding carboxylic acids is 1. The summed E-state index contributed by atoms with van der Waals surface area (Å²) in [6.45, 7) is 3.75. The van der Waals surface area contributed by atoms with Crippen LogP contribution < -0.4 is 14.8 Å². The number of aryl methyl sites for hydroxylation is 1. The van der Waals surface area contributed by atoms with Crippen LogP contribution in [-0.4, -0.2) is 31.6 Å². The molecule has 0 bridgehead atoms. The summed E-state index contributed by atoms with van der Waals surface area (Å²) in [5.41, 5.74) is 1.86. The monoisotopic (exact) mass is 514 g/mol. The summed E-state index contributed by atoms with van der Waals surface area (Å²) in [6, 6.07) is 9.42. The third kappa shape index (κ3) is 5.57. The summed E-state index contributed by atoms with van der Waals surface area (Å²) >= 11 is 12.6. The van der Waals surface area contributed by atoms with Gasteiger partial charge in [-0.3, -0.25) is 10.1 Å². The number of nitrogens with one attached hydrogen (secondary N) is 2. The maximum Gasteiger partial charge on any atom is 0.270 e. The summed E-state index contributed by atoms with van der Waals surface area (Å²) in [5.74, 6) is 0.164. The fourth-order valence-electron chi connectivity index (χ4n) is 2.95. The molecule has 32 heavy (non-hydrogen) atoms. The molecule has 12 heteroatoms. The van der Waals surface area contributed by atoms with Crippen LogP contribution in [0.25, 0.3) is 0 Å². The van der Waals surface area contributed by atoms with Gasteiger partial charge in [0.2, 0.25) is 9.47 Å². The zero-order valence-electron chi connectivity index (χ0n) is 17.3. The number of ether oxygens (including phenoxy) is 1. The minimum Gasteiger partial charge on any atom is -0.496 e. The molecule has 0 aliphatic heterocycles. The summed E-state index contributed by atoms with van der Waals surface area (Å²) in [7, 11) is -2.39. The van der Waals surface area contributed by atoms with Crippen molar-refractivity contribution in [2.45, 2.75) is 30.6 Å². The van der Waals surface area contributed by atoms with E-state index in [1.165, 1.54) is 18.2 Å². The van der Waals surface area contributed by atoms with Crippen LogP contribution >= 0.6 is 34.5 Å². The molecule has 0 fully saturated rings. The highest BCUT2D eigenvalue weighted by molar-refractivity contribution is 7.91. The fraction of sp³-hybridized carbons (Fsp3) is 0.250. The van der Waals surface area contributed by atoms with E-state index in [2.05, 4.69) is 20.2 Å². The van der Waals surface area contributed by atoms with Crippen molar-refractivity contribution < 1.29 is 17.9 Å². The summed E-state index contributed by atoms with van der Waals surface area (Å²) in [5, 5.41) is 10.6. The molecule has 170 valence electrons. The Kier molecular flexibility index (Phi) is 7.73. The molecule has 1 atom stereocenters. The Morgan fingerprint density at radius 3 is 2.56 bits per heavy atom. The van der Waals surface area contributed by atoms with E-state index in [-0.39, 0.29) is 20.1 Å². The van der Waals surface area contributed by atoms with Gasteiger partial charge in [0.25, 0.3) is 15.9 Å². The molecular formula is C20H20Cl2N4O4S2. The molecule has 1 heterocycles. The third-order valence-electron chi connectivity index (χ3n) is 4.56. The number of rotatable bonds is 8. The van der Waals surface area contributed by atoms with Gasteiger partial charge in [-0.1, -0.05) is 53.6 Å². The van der Waals surface area contributed by atoms with Gasteiger partial charge in [0.05, 0.1) is 17.7 Å². The zero-order chi connectivity index (χ0) is 23.5. The van der Waals surface area contributed by atoms with Crippen LogP contribution in [0.2, 0.25) is 10.0 Å². The predicted molar refractivity (Wildman–Crippen MR) is 125 cm³/mol. The Morgan fingerprint density at radius 1 is 1.19 bits per heavy atom. The van der Waals surface area contributed by atoms with Crippen molar-refractivity contribution in [3.63, 3.8) is 0 Å². The molecule has 0 aliphatic rings. The topological polar surface area (TPSA) is 110 Å². The Balaban J connectivity index is 1.76. The molecule has 2 aromatic carbocycles. The number of anilines is 1. The maximum atomic E-state index is 12.9. The minimum absolute atomic E-state index is 0.0229. The molecule has 0 saturated carbocycles. The first kappa shape index (κ1) is 24.4.